The van der Waals surface area contributed by atoms with E-state index >= 15 is 0 Å². The largest absolute Gasteiger partial charge is 0.497 e. The fourth-order valence-electron chi connectivity index (χ4n) is 4.34. The lowest BCUT2D eigenvalue weighted by atomic mass is 9.66. The summed E-state index contributed by atoms with van der Waals surface area (Å²) < 4.78 is 10.8. The summed E-state index contributed by atoms with van der Waals surface area (Å²) in [6.07, 6.45) is 4.78. The van der Waals surface area contributed by atoms with E-state index in [-0.39, 0.29) is 0 Å². The van der Waals surface area contributed by atoms with Gasteiger partial charge in [-0.15, -0.1) is 0 Å². The first-order valence-corrected chi connectivity index (χ1v) is 8.14. The average molecular weight is 294 g/mol. The van der Waals surface area contributed by atoms with Crippen LogP contribution in [0.25, 0.3) is 0 Å². The third kappa shape index (κ3) is 2.09. The molecular weight excluding hydrogens is 272 g/mol. The maximum Gasteiger partial charge on any atom is 0.119 e. The number of ether oxygens (including phenoxy) is 2. The highest BCUT2D eigenvalue weighted by Gasteiger charge is 2.34. The van der Waals surface area contributed by atoms with Gasteiger partial charge in [0.1, 0.15) is 11.5 Å². The fourth-order valence-corrected chi connectivity index (χ4v) is 4.34. The highest BCUT2D eigenvalue weighted by Crippen LogP contribution is 2.49. The molecule has 0 aliphatic heterocycles. The van der Waals surface area contributed by atoms with Crippen molar-refractivity contribution in [2.45, 2.75) is 37.5 Å². The van der Waals surface area contributed by atoms with E-state index < -0.39 is 0 Å². The molecule has 2 heteroatoms. The molecule has 2 aliphatic rings. The van der Waals surface area contributed by atoms with Crippen LogP contribution in [-0.4, -0.2) is 14.2 Å². The maximum atomic E-state index is 5.38. The molecule has 0 heterocycles. The van der Waals surface area contributed by atoms with Crippen LogP contribution < -0.4 is 9.47 Å². The Kier molecular flexibility index (Phi) is 3.33. The first-order chi connectivity index (χ1) is 10.8. The van der Waals surface area contributed by atoms with Gasteiger partial charge >= 0.3 is 0 Å². The van der Waals surface area contributed by atoms with Crippen molar-refractivity contribution < 1.29 is 9.47 Å². The minimum Gasteiger partial charge on any atom is -0.497 e. The van der Waals surface area contributed by atoms with Crippen LogP contribution in [0.1, 0.15) is 46.9 Å². The topological polar surface area (TPSA) is 18.5 Å². The molecule has 2 atom stereocenters. The zero-order chi connectivity index (χ0) is 15.1. The summed E-state index contributed by atoms with van der Waals surface area (Å²) in [6.45, 7) is 0. The summed E-state index contributed by atoms with van der Waals surface area (Å²) in [4.78, 5) is 0. The van der Waals surface area contributed by atoms with Gasteiger partial charge in [0.2, 0.25) is 0 Å². The third-order valence-electron chi connectivity index (χ3n) is 5.43. The van der Waals surface area contributed by atoms with E-state index in [1.165, 1.54) is 24.0 Å². The average Bonchev–Trinajstić information content (AvgIpc) is 2.59. The molecule has 0 N–H and O–H groups in total. The summed E-state index contributed by atoms with van der Waals surface area (Å²) in [5.41, 5.74) is 6.05. The lowest BCUT2D eigenvalue weighted by molar-refractivity contribution is 0.400. The molecule has 0 amide bonds. The van der Waals surface area contributed by atoms with Gasteiger partial charge in [-0.3, -0.25) is 0 Å². The summed E-state index contributed by atoms with van der Waals surface area (Å²) in [5, 5.41) is 0. The van der Waals surface area contributed by atoms with Gasteiger partial charge in [-0.05, 0) is 84.0 Å². The van der Waals surface area contributed by atoms with E-state index in [0.717, 1.165) is 24.3 Å². The van der Waals surface area contributed by atoms with Gasteiger partial charge in [-0.1, -0.05) is 12.1 Å². The Hall–Kier alpha value is -1.96. The van der Waals surface area contributed by atoms with Crippen LogP contribution in [0.15, 0.2) is 36.4 Å². The molecule has 0 fully saturated rings. The Morgan fingerprint density at radius 2 is 1.18 bits per heavy atom. The van der Waals surface area contributed by atoms with Crippen molar-refractivity contribution in [1.29, 1.82) is 0 Å². The van der Waals surface area contributed by atoms with Crippen molar-refractivity contribution in [2.75, 3.05) is 14.2 Å². The van der Waals surface area contributed by atoms with E-state index in [9.17, 15) is 0 Å². The third-order valence-corrected chi connectivity index (χ3v) is 5.43. The second-order valence-electron chi connectivity index (χ2n) is 6.42. The maximum absolute atomic E-state index is 5.38. The van der Waals surface area contributed by atoms with Crippen molar-refractivity contribution in [3.63, 3.8) is 0 Å². The van der Waals surface area contributed by atoms with Gasteiger partial charge in [-0.25, -0.2) is 0 Å². The number of hydrogen-bond donors (Lipinski definition) is 0. The zero-order valence-corrected chi connectivity index (χ0v) is 13.3. The minimum atomic E-state index is 0.663. The van der Waals surface area contributed by atoms with Crippen molar-refractivity contribution in [3.8, 4) is 11.5 Å². The molecule has 0 radical (unpaired) electrons. The Morgan fingerprint density at radius 1 is 0.727 bits per heavy atom. The Morgan fingerprint density at radius 3 is 1.59 bits per heavy atom. The van der Waals surface area contributed by atoms with E-state index in [0.29, 0.717) is 11.8 Å². The first-order valence-electron chi connectivity index (χ1n) is 8.14. The SMILES string of the molecule is COc1ccc2c(c1)CC[C@H]1c3ccc(OC)cc3CC[C@H]21. The monoisotopic (exact) mass is 294 g/mol. The van der Waals surface area contributed by atoms with Gasteiger partial charge < -0.3 is 9.47 Å². The van der Waals surface area contributed by atoms with Crippen LogP contribution in [0.2, 0.25) is 0 Å². The molecule has 2 aliphatic carbocycles. The molecule has 4 rings (SSSR count). The Labute approximate surface area is 132 Å². The van der Waals surface area contributed by atoms with Crippen molar-refractivity contribution in [2.24, 2.45) is 0 Å². The molecule has 22 heavy (non-hydrogen) atoms. The van der Waals surface area contributed by atoms with Crippen LogP contribution >= 0.6 is 0 Å². The molecule has 114 valence electrons. The molecule has 2 aromatic carbocycles. The van der Waals surface area contributed by atoms with Crippen LogP contribution in [0.5, 0.6) is 11.5 Å². The predicted molar refractivity (Wildman–Crippen MR) is 88.1 cm³/mol. The van der Waals surface area contributed by atoms with E-state index in [1.54, 1.807) is 25.3 Å². The highest BCUT2D eigenvalue weighted by molar-refractivity contribution is 5.47. The fraction of sp³-hybridized carbons (Fsp3) is 0.400. The molecule has 0 aromatic heterocycles. The minimum absolute atomic E-state index is 0.663. The van der Waals surface area contributed by atoms with Crippen molar-refractivity contribution >= 4 is 0 Å². The van der Waals surface area contributed by atoms with E-state index in [2.05, 4.69) is 36.4 Å². The van der Waals surface area contributed by atoms with Gasteiger partial charge in [0.15, 0.2) is 0 Å². The first kappa shape index (κ1) is 13.7. The van der Waals surface area contributed by atoms with Crippen LogP contribution in [0.4, 0.5) is 0 Å². The lowest BCUT2D eigenvalue weighted by Gasteiger charge is -2.39. The molecule has 0 bridgehead atoms. The number of rotatable bonds is 2. The van der Waals surface area contributed by atoms with Gasteiger partial charge in [0, 0.05) is 0 Å². The number of benzene rings is 2. The zero-order valence-electron chi connectivity index (χ0n) is 13.3. The molecule has 2 nitrogen and oxygen atoms in total. The molecule has 2 aromatic rings. The Bertz CT molecular complexity index is 643. The van der Waals surface area contributed by atoms with Gasteiger partial charge in [-0.2, -0.15) is 0 Å². The molecular formula is C20H22O2. The number of methoxy groups -OCH3 is 2. The number of aryl methyl sites for hydroxylation is 2. The summed E-state index contributed by atoms with van der Waals surface area (Å²) in [7, 11) is 3.50. The van der Waals surface area contributed by atoms with Crippen LogP contribution in [0.3, 0.4) is 0 Å². The van der Waals surface area contributed by atoms with Crippen LogP contribution in [-0.2, 0) is 12.8 Å². The summed E-state index contributed by atoms with van der Waals surface area (Å²) in [6, 6.07) is 13.3. The summed E-state index contributed by atoms with van der Waals surface area (Å²) >= 11 is 0. The smallest absolute Gasteiger partial charge is 0.119 e. The van der Waals surface area contributed by atoms with E-state index in [4.69, 9.17) is 9.47 Å². The number of fused-ring (bicyclic) bond motifs is 5. The number of hydrogen-bond acceptors (Lipinski definition) is 2. The second-order valence-corrected chi connectivity index (χ2v) is 6.42. The molecule has 0 saturated heterocycles. The standard InChI is InChI=1S/C20H22O2/c1-21-15-5-9-17-13(11-15)3-7-20-18-10-6-16(22-2)12-14(18)4-8-19(17)20/h5-6,9-12,19-20H,3-4,7-8H2,1-2H3/t19-,20+. The predicted octanol–water partition coefficient (Wildman–Crippen LogP) is 4.46. The van der Waals surface area contributed by atoms with Gasteiger partial charge in [0.25, 0.3) is 0 Å². The molecule has 0 spiro atoms. The molecule has 0 unspecified atom stereocenters. The van der Waals surface area contributed by atoms with Gasteiger partial charge in [0.05, 0.1) is 14.2 Å². The van der Waals surface area contributed by atoms with Crippen molar-refractivity contribution in [1.82, 2.24) is 0 Å². The normalized spacial score (nSPS) is 22.3. The van der Waals surface area contributed by atoms with Crippen LogP contribution in [0, 0.1) is 0 Å². The second kappa shape index (κ2) is 5.35. The van der Waals surface area contributed by atoms with Crippen molar-refractivity contribution in [3.05, 3.63) is 58.7 Å². The Balaban J connectivity index is 1.73. The lowest BCUT2D eigenvalue weighted by Crippen LogP contribution is -2.24. The highest BCUT2D eigenvalue weighted by atomic mass is 16.5. The van der Waals surface area contributed by atoms with E-state index in [1.807, 2.05) is 0 Å². The summed E-state index contributed by atoms with van der Waals surface area (Å²) in [5.74, 6) is 3.29. The molecule has 0 saturated carbocycles. The quantitative estimate of drug-likeness (QED) is 0.814.